The number of ether oxygens (including phenoxy) is 3. The van der Waals surface area contributed by atoms with Crippen LogP contribution in [0.1, 0.15) is 0 Å². The Bertz CT molecular complexity index is 845. The standard InChI is InChI=1S/C14H15Br2NO5S/c1-20-8-6-5-7(11(21-2)12(8)22-3)9-10(15)14(17-13(9)16)23(4,18)19/h5-6,17H,1-4H3. The molecule has 0 saturated heterocycles. The van der Waals surface area contributed by atoms with E-state index in [1.807, 2.05) is 0 Å². The number of halogens is 2. The monoisotopic (exact) mass is 467 g/mol. The Hall–Kier alpha value is -1.19. The number of sulfone groups is 1. The Morgan fingerprint density at radius 2 is 1.61 bits per heavy atom. The lowest BCUT2D eigenvalue weighted by Gasteiger charge is -2.15. The summed E-state index contributed by atoms with van der Waals surface area (Å²) in [6.45, 7) is 0. The van der Waals surface area contributed by atoms with Crippen molar-refractivity contribution in [3.05, 3.63) is 21.2 Å². The minimum atomic E-state index is -3.42. The summed E-state index contributed by atoms with van der Waals surface area (Å²) in [5.41, 5.74) is 1.26. The van der Waals surface area contributed by atoms with Crippen LogP contribution >= 0.6 is 31.9 Å². The topological polar surface area (TPSA) is 77.6 Å². The zero-order valence-electron chi connectivity index (χ0n) is 12.9. The second kappa shape index (κ2) is 6.74. The molecule has 0 aliphatic rings. The highest BCUT2D eigenvalue weighted by Crippen LogP contribution is 2.49. The Balaban J connectivity index is 2.81. The van der Waals surface area contributed by atoms with E-state index in [0.29, 0.717) is 37.5 Å². The van der Waals surface area contributed by atoms with Crippen LogP contribution in [-0.2, 0) is 9.84 Å². The molecule has 9 heteroatoms. The largest absolute Gasteiger partial charge is 0.493 e. The highest BCUT2D eigenvalue weighted by molar-refractivity contribution is 9.11. The summed E-state index contributed by atoms with van der Waals surface area (Å²) in [6, 6.07) is 3.49. The van der Waals surface area contributed by atoms with Crippen LogP contribution in [0.25, 0.3) is 11.1 Å². The van der Waals surface area contributed by atoms with Gasteiger partial charge in [0.1, 0.15) is 5.03 Å². The first kappa shape index (κ1) is 18.2. The first-order valence-electron chi connectivity index (χ1n) is 6.32. The average Bonchev–Trinajstić information content (AvgIpc) is 2.80. The molecule has 6 nitrogen and oxygen atoms in total. The van der Waals surface area contributed by atoms with Crippen molar-refractivity contribution in [1.82, 2.24) is 4.98 Å². The lowest BCUT2D eigenvalue weighted by Crippen LogP contribution is -1.98. The quantitative estimate of drug-likeness (QED) is 0.724. The SMILES string of the molecule is COc1ccc(-c2c(Br)[nH]c(S(C)(=O)=O)c2Br)c(OC)c1OC. The van der Waals surface area contributed by atoms with Crippen molar-refractivity contribution in [3.63, 3.8) is 0 Å². The number of aromatic amines is 1. The third-order valence-electron chi connectivity index (χ3n) is 3.21. The number of rotatable bonds is 5. The number of hydrogen-bond acceptors (Lipinski definition) is 5. The van der Waals surface area contributed by atoms with Gasteiger partial charge in [0.15, 0.2) is 21.3 Å². The molecule has 2 aromatic rings. The van der Waals surface area contributed by atoms with Crippen molar-refractivity contribution < 1.29 is 22.6 Å². The number of H-pyrrole nitrogens is 1. The van der Waals surface area contributed by atoms with E-state index >= 15 is 0 Å². The Morgan fingerprint density at radius 3 is 2.04 bits per heavy atom. The van der Waals surface area contributed by atoms with Gasteiger partial charge in [-0.2, -0.15) is 0 Å². The Labute approximate surface area is 151 Å². The summed E-state index contributed by atoms with van der Waals surface area (Å²) in [4.78, 5) is 2.82. The van der Waals surface area contributed by atoms with Crippen molar-refractivity contribution >= 4 is 41.7 Å². The van der Waals surface area contributed by atoms with Crippen LogP contribution in [0.3, 0.4) is 0 Å². The highest BCUT2D eigenvalue weighted by Gasteiger charge is 2.26. The van der Waals surface area contributed by atoms with E-state index in [-0.39, 0.29) is 5.03 Å². The van der Waals surface area contributed by atoms with Crippen molar-refractivity contribution in [2.45, 2.75) is 5.03 Å². The lowest BCUT2D eigenvalue weighted by atomic mass is 10.1. The van der Waals surface area contributed by atoms with Crippen LogP contribution in [-0.4, -0.2) is 41.0 Å². The normalized spacial score (nSPS) is 11.4. The molecule has 1 aromatic carbocycles. The minimum absolute atomic E-state index is 0.0798. The van der Waals surface area contributed by atoms with Gasteiger partial charge in [0.25, 0.3) is 0 Å². The van der Waals surface area contributed by atoms with Crippen LogP contribution < -0.4 is 14.2 Å². The van der Waals surface area contributed by atoms with Gasteiger partial charge in [0.2, 0.25) is 5.75 Å². The third-order valence-corrected chi connectivity index (χ3v) is 5.90. The fourth-order valence-electron chi connectivity index (χ4n) is 2.22. The van der Waals surface area contributed by atoms with Crippen LogP contribution in [0, 0.1) is 0 Å². The molecule has 1 N–H and O–H groups in total. The second-order valence-electron chi connectivity index (χ2n) is 4.61. The predicted octanol–water partition coefficient (Wildman–Crippen LogP) is 3.64. The van der Waals surface area contributed by atoms with Gasteiger partial charge >= 0.3 is 0 Å². The maximum absolute atomic E-state index is 11.9. The summed E-state index contributed by atoms with van der Waals surface area (Å²) >= 11 is 6.72. The maximum Gasteiger partial charge on any atom is 0.203 e. The number of nitrogens with one attached hydrogen (secondary N) is 1. The van der Waals surface area contributed by atoms with Gasteiger partial charge in [-0.3, -0.25) is 0 Å². The first-order chi connectivity index (χ1) is 10.8. The lowest BCUT2D eigenvalue weighted by molar-refractivity contribution is 0.325. The molecular formula is C14H15Br2NO5S. The average molecular weight is 469 g/mol. The minimum Gasteiger partial charge on any atom is -0.493 e. The van der Waals surface area contributed by atoms with Crippen molar-refractivity contribution in [2.75, 3.05) is 27.6 Å². The third kappa shape index (κ3) is 3.22. The van der Waals surface area contributed by atoms with Gasteiger partial charge in [0.05, 0.1) is 30.4 Å². The zero-order chi connectivity index (χ0) is 17.4. The van der Waals surface area contributed by atoms with E-state index in [9.17, 15) is 8.42 Å². The molecule has 23 heavy (non-hydrogen) atoms. The number of methoxy groups -OCH3 is 3. The maximum atomic E-state index is 11.9. The van der Waals surface area contributed by atoms with Crippen LogP contribution in [0.2, 0.25) is 0 Å². The summed E-state index contributed by atoms with van der Waals surface area (Å²) in [5.74, 6) is 1.37. The highest BCUT2D eigenvalue weighted by atomic mass is 79.9. The summed E-state index contributed by atoms with van der Waals surface area (Å²) in [5, 5.41) is 0.0798. The smallest absolute Gasteiger partial charge is 0.203 e. The second-order valence-corrected chi connectivity index (χ2v) is 8.15. The van der Waals surface area contributed by atoms with E-state index in [4.69, 9.17) is 14.2 Å². The van der Waals surface area contributed by atoms with Crippen LogP contribution in [0.5, 0.6) is 17.2 Å². The van der Waals surface area contributed by atoms with Crippen LogP contribution in [0.4, 0.5) is 0 Å². The predicted molar refractivity (Wildman–Crippen MR) is 94.4 cm³/mol. The summed E-state index contributed by atoms with van der Waals surface area (Å²) in [7, 11) is 1.12. The van der Waals surface area contributed by atoms with Gasteiger partial charge in [-0.05, 0) is 44.0 Å². The van der Waals surface area contributed by atoms with Crippen molar-refractivity contribution in [3.8, 4) is 28.4 Å². The first-order valence-corrected chi connectivity index (χ1v) is 9.80. The summed E-state index contributed by atoms with van der Waals surface area (Å²) in [6.07, 6.45) is 1.13. The molecule has 126 valence electrons. The molecule has 0 unspecified atom stereocenters. The molecule has 0 radical (unpaired) electrons. The van der Waals surface area contributed by atoms with E-state index in [2.05, 4.69) is 36.8 Å². The Morgan fingerprint density at radius 1 is 1.00 bits per heavy atom. The fourth-order valence-corrected chi connectivity index (χ4v) is 5.33. The van der Waals surface area contributed by atoms with Crippen molar-refractivity contribution in [1.29, 1.82) is 0 Å². The van der Waals surface area contributed by atoms with E-state index in [0.717, 1.165) is 6.26 Å². The molecule has 0 saturated carbocycles. The van der Waals surface area contributed by atoms with Gasteiger partial charge in [-0.15, -0.1) is 0 Å². The molecule has 0 atom stereocenters. The van der Waals surface area contributed by atoms with Gasteiger partial charge < -0.3 is 19.2 Å². The number of hydrogen-bond donors (Lipinski definition) is 1. The molecule has 1 aromatic heterocycles. The van der Waals surface area contributed by atoms with Crippen LogP contribution in [0.15, 0.2) is 26.2 Å². The van der Waals surface area contributed by atoms with Gasteiger partial charge in [0, 0.05) is 17.4 Å². The molecular weight excluding hydrogens is 454 g/mol. The molecule has 2 rings (SSSR count). The Kier molecular flexibility index (Phi) is 5.32. The molecule has 0 spiro atoms. The van der Waals surface area contributed by atoms with E-state index < -0.39 is 9.84 Å². The molecule has 0 aliphatic heterocycles. The molecule has 0 bridgehead atoms. The number of benzene rings is 1. The van der Waals surface area contributed by atoms with Gasteiger partial charge in [-0.1, -0.05) is 0 Å². The fraction of sp³-hybridized carbons (Fsp3) is 0.286. The molecule has 0 fully saturated rings. The molecule has 0 amide bonds. The van der Waals surface area contributed by atoms with E-state index in [1.165, 1.54) is 21.3 Å². The van der Waals surface area contributed by atoms with E-state index in [1.54, 1.807) is 12.1 Å². The zero-order valence-corrected chi connectivity index (χ0v) is 16.8. The molecule has 1 heterocycles. The molecule has 0 aliphatic carbocycles. The van der Waals surface area contributed by atoms with Crippen molar-refractivity contribution in [2.24, 2.45) is 0 Å². The van der Waals surface area contributed by atoms with Gasteiger partial charge in [-0.25, -0.2) is 8.42 Å². The summed E-state index contributed by atoms with van der Waals surface area (Å²) < 4.78 is 40.7. The number of aromatic nitrogens is 1.